The Morgan fingerprint density at radius 1 is 1.19 bits per heavy atom. The quantitative estimate of drug-likeness (QED) is 0.839. The molecule has 0 aromatic heterocycles. The highest BCUT2D eigenvalue weighted by Gasteiger charge is 2.12. The molecule has 1 aromatic carbocycles. The number of nitrogens with zero attached hydrogens (tertiary/aromatic N) is 1. The third kappa shape index (κ3) is 2.84. The first-order valence-electron chi connectivity index (χ1n) is 5.80. The maximum absolute atomic E-state index is 9.18. The molecule has 1 N–H and O–H groups in total. The van der Waals surface area contributed by atoms with Crippen molar-refractivity contribution < 1.29 is 0 Å². The summed E-state index contributed by atoms with van der Waals surface area (Å²) in [5.74, 6) is 0. The molecule has 0 bridgehead atoms. The molecule has 1 atom stereocenters. The van der Waals surface area contributed by atoms with Crippen LogP contribution in [0.15, 0.2) is 12.1 Å². The molecule has 86 valence electrons. The average molecular weight is 216 g/mol. The lowest BCUT2D eigenvalue weighted by atomic mass is 9.96. The maximum Gasteiger partial charge on any atom is 0.121 e. The zero-order chi connectivity index (χ0) is 12.1. The highest BCUT2D eigenvalue weighted by atomic mass is 14.9. The number of hydrogen-bond donors (Lipinski definition) is 1. The van der Waals surface area contributed by atoms with E-state index in [0.717, 1.165) is 18.5 Å². The van der Waals surface area contributed by atoms with E-state index in [1.54, 1.807) is 0 Å². The van der Waals surface area contributed by atoms with Crippen LogP contribution in [0.3, 0.4) is 0 Å². The Balaban J connectivity index is 3.01. The Hall–Kier alpha value is -1.33. The lowest BCUT2D eigenvalue weighted by Crippen LogP contribution is -2.21. The SMILES string of the molecule is CCCNC(C#N)c1cc(C)c(C)cc1C. The van der Waals surface area contributed by atoms with Crippen LogP contribution in [0, 0.1) is 32.1 Å². The predicted octanol–water partition coefficient (Wildman–Crippen LogP) is 3.18. The van der Waals surface area contributed by atoms with Gasteiger partial charge in [-0.05, 0) is 56.0 Å². The smallest absolute Gasteiger partial charge is 0.121 e. The summed E-state index contributed by atoms with van der Waals surface area (Å²) < 4.78 is 0. The van der Waals surface area contributed by atoms with Crippen molar-refractivity contribution in [1.29, 1.82) is 5.26 Å². The predicted molar refractivity (Wildman–Crippen MR) is 67.3 cm³/mol. The van der Waals surface area contributed by atoms with Crippen molar-refractivity contribution in [2.45, 2.75) is 40.2 Å². The highest BCUT2D eigenvalue weighted by Crippen LogP contribution is 2.21. The fourth-order valence-electron chi connectivity index (χ4n) is 1.81. The zero-order valence-electron chi connectivity index (χ0n) is 10.6. The summed E-state index contributed by atoms with van der Waals surface area (Å²) in [5.41, 5.74) is 4.84. The van der Waals surface area contributed by atoms with E-state index in [-0.39, 0.29) is 6.04 Å². The molecule has 1 unspecified atom stereocenters. The van der Waals surface area contributed by atoms with Gasteiger partial charge in [0.2, 0.25) is 0 Å². The molecule has 1 rings (SSSR count). The van der Waals surface area contributed by atoms with E-state index < -0.39 is 0 Å². The van der Waals surface area contributed by atoms with Crippen LogP contribution < -0.4 is 5.32 Å². The summed E-state index contributed by atoms with van der Waals surface area (Å²) in [6.45, 7) is 9.25. The van der Waals surface area contributed by atoms with Gasteiger partial charge in [0, 0.05) is 0 Å². The van der Waals surface area contributed by atoms with E-state index in [4.69, 9.17) is 0 Å². The molecule has 2 heteroatoms. The lowest BCUT2D eigenvalue weighted by Gasteiger charge is -2.15. The first-order valence-corrected chi connectivity index (χ1v) is 5.80. The molecule has 0 saturated carbocycles. The number of benzene rings is 1. The Labute approximate surface area is 98.3 Å². The van der Waals surface area contributed by atoms with Crippen LogP contribution in [0.2, 0.25) is 0 Å². The Morgan fingerprint density at radius 3 is 2.38 bits per heavy atom. The van der Waals surface area contributed by atoms with E-state index in [0.29, 0.717) is 0 Å². The number of aryl methyl sites for hydroxylation is 3. The van der Waals surface area contributed by atoms with Gasteiger partial charge in [-0.2, -0.15) is 5.26 Å². The first-order chi connectivity index (χ1) is 7.60. The Morgan fingerprint density at radius 2 is 1.81 bits per heavy atom. The van der Waals surface area contributed by atoms with Gasteiger partial charge < -0.3 is 0 Å². The molecule has 0 saturated heterocycles. The van der Waals surface area contributed by atoms with Crippen molar-refractivity contribution in [2.75, 3.05) is 6.54 Å². The molecule has 16 heavy (non-hydrogen) atoms. The standard InChI is InChI=1S/C14H20N2/c1-5-6-16-14(9-15)13-8-11(3)10(2)7-12(13)4/h7-8,14,16H,5-6H2,1-4H3. The van der Waals surface area contributed by atoms with Crippen LogP contribution in [0.25, 0.3) is 0 Å². The van der Waals surface area contributed by atoms with Crippen LogP contribution >= 0.6 is 0 Å². The van der Waals surface area contributed by atoms with Crippen LogP contribution in [0.5, 0.6) is 0 Å². The molecule has 2 nitrogen and oxygen atoms in total. The molecule has 0 amide bonds. The van der Waals surface area contributed by atoms with E-state index in [1.165, 1.54) is 16.7 Å². The summed E-state index contributed by atoms with van der Waals surface area (Å²) in [6.07, 6.45) is 1.04. The Bertz CT molecular complexity index is 402. The van der Waals surface area contributed by atoms with E-state index >= 15 is 0 Å². The number of hydrogen-bond acceptors (Lipinski definition) is 2. The van der Waals surface area contributed by atoms with Gasteiger partial charge in [0.25, 0.3) is 0 Å². The molecule has 0 aliphatic carbocycles. The monoisotopic (exact) mass is 216 g/mol. The normalized spacial score (nSPS) is 12.2. The maximum atomic E-state index is 9.18. The van der Waals surface area contributed by atoms with Crippen molar-refractivity contribution in [1.82, 2.24) is 5.32 Å². The Kier molecular flexibility index (Phi) is 4.52. The van der Waals surface area contributed by atoms with E-state index in [9.17, 15) is 5.26 Å². The second-order valence-electron chi connectivity index (χ2n) is 4.31. The summed E-state index contributed by atoms with van der Waals surface area (Å²) in [5, 5.41) is 12.4. The van der Waals surface area contributed by atoms with Crippen molar-refractivity contribution >= 4 is 0 Å². The van der Waals surface area contributed by atoms with Crippen molar-refractivity contribution in [2.24, 2.45) is 0 Å². The molecular formula is C14H20N2. The van der Waals surface area contributed by atoms with Crippen LogP contribution in [-0.4, -0.2) is 6.54 Å². The fourth-order valence-corrected chi connectivity index (χ4v) is 1.81. The largest absolute Gasteiger partial charge is 0.298 e. The van der Waals surface area contributed by atoms with Gasteiger partial charge in [-0.3, -0.25) is 5.32 Å². The minimum absolute atomic E-state index is 0.181. The van der Waals surface area contributed by atoms with Gasteiger partial charge in [0.05, 0.1) is 6.07 Å². The minimum Gasteiger partial charge on any atom is -0.298 e. The number of nitriles is 1. The summed E-state index contributed by atoms with van der Waals surface area (Å²) in [4.78, 5) is 0. The van der Waals surface area contributed by atoms with Crippen LogP contribution in [0.1, 0.15) is 41.6 Å². The van der Waals surface area contributed by atoms with Crippen molar-refractivity contribution in [3.8, 4) is 6.07 Å². The lowest BCUT2D eigenvalue weighted by molar-refractivity contribution is 0.618. The average Bonchev–Trinajstić information content (AvgIpc) is 2.26. The third-order valence-electron chi connectivity index (χ3n) is 2.92. The van der Waals surface area contributed by atoms with Crippen molar-refractivity contribution in [3.63, 3.8) is 0 Å². The van der Waals surface area contributed by atoms with Crippen molar-refractivity contribution in [3.05, 3.63) is 34.4 Å². The first kappa shape index (κ1) is 12.7. The van der Waals surface area contributed by atoms with Gasteiger partial charge in [-0.15, -0.1) is 0 Å². The molecule has 0 heterocycles. The summed E-state index contributed by atoms with van der Waals surface area (Å²) in [7, 11) is 0. The molecule has 0 spiro atoms. The summed E-state index contributed by atoms with van der Waals surface area (Å²) >= 11 is 0. The highest BCUT2D eigenvalue weighted by molar-refractivity contribution is 5.40. The van der Waals surface area contributed by atoms with Crippen LogP contribution in [0.4, 0.5) is 0 Å². The number of rotatable bonds is 4. The molecule has 0 aliphatic rings. The second kappa shape index (κ2) is 5.67. The number of nitrogens with one attached hydrogen (secondary N) is 1. The molecule has 0 aliphatic heterocycles. The summed E-state index contributed by atoms with van der Waals surface area (Å²) in [6, 6.07) is 6.43. The fraction of sp³-hybridized carbons (Fsp3) is 0.500. The van der Waals surface area contributed by atoms with Gasteiger partial charge >= 0.3 is 0 Å². The van der Waals surface area contributed by atoms with Gasteiger partial charge in [-0.25, -0.2) is 0 Å². The van der Waals surface area contributed by atoms with Gasteiger partial charge in [-0.1, -0.05) is 19.1 Å². The zero-order valence-corrected chi connectivity index (χ0v) is 10.6. The van der Waals surface area contributed by atoms with Crippen LogP contribution in [-0.2, 0) is 0 Å². The van der Waals surface area contributed by atoms with E-state index in [1.807, 2.05) is 0 Å². The molecule has 0 fully saturated rings. The van der Waals surface area contributed by atoms with E-state index in [2.05, 4.69) is 51.2 Å². The molecule has 1 aromatic rings. The minimum atomic E-state index is -0.181. The molecule has 0 radical (unpaired) electrons. The topological polar surface area (TPSA) is 35.8 Å². The third-order valence-corrected chi connectivity index (χ3v) is 2.92. The molecular weight excluding hydrogens is 196 g/mol. The second-order valence-corrected chi connectivity index (χ2v) is 4.31. The van der Waals surface area contributed by atoms with Gasteiger partial charge in [0.1, 0.15) is 6.04 Å². The van der Waals surface area contributed by atoms with Gasteiger partial charge in [0.15, 0.2) is 0 Å².